The van der Waals surface area contributed by atoms with E-state index < -0.39 is 16.1 Å². The van der Waals surface area contributed by atoms with E-state index in [2.05, 4.69) is 5.32 Å². The molecule has 2 amide bonds. The van der Waals surface area contributed by atoms with Crippen LogP contribution in [0.1, 0.15) is 55.4 Å². The Hall–Kier alpha value is -3.36. The van der Waals surface area contributed by atoms with Crippen LogP contribution in [0.15, 0.2) is 72.8 Å². The van der Waals surface area contributed by atoms with E-state index in [4.69, 9.17) is 11.6 Å². The van der Waals surface area contributed by atoms with Crippen LogP contribution in [0, 0.1) is 13.8 Å². The Morgan fingerprint density at radius 2 is 1.60 bits per heavy atom. The molecule has 7 nitrogen and oxygen atoms in total. The molecule has 1 N–H and O–H groups in total. The molecule has 0 spiro atoms. The fraction of sp³-hybridized carbons (Fsp3) is 0.394. The van der Waals surface area contributed by atoms with E-state index in [0.29, 0.717) is 23.6 Å². The van der Waals surface area contributed by atoms with Crippen molar-refractivity contribution < 1.29 is 18.0 Å². The van der Waals surface area contributed by atoms with Crippen molar-refractivity contribution in [2.45, 2.75) is 72.0 Å². The van der Waals surface area contributed by atoms with E-state index in [1.54, 1.807) is 23.1 Å². The van der Waals surface area contributed by atoms with Gasteiger partial charge in [0.15, 0.2) is 0 Å². The highest BCUT2D eigenvalue weighted by Crippen LogP contribution is 2.26. The molecule has 3 aromatic carbocycles. The third kappa shape index (κ3) is 9.33. The lowest BCUT2D eigenvalue weighted by Gasteiger charge is -2.33. The quantitative estimate of drug-likeness (QED) is 0.240. The molecule has 9 heteroatoms. The van der Waals surface area contributed by atoms with Gasteiger partial charge < -0.3 is 10.2 Å². The van der Waals surface area contributed by atoms with E-state index in [-0.39, 0.29) is 37.4 Å². The lowest BCUT2D eigenvalue weighted by Crippen LogP contribution is -2.52. The van der Waals surface area contributed by atoms with Crippen LogP contribution in [-0.4, -0.2) is 50.0 Å². The number of hydrogen-bond acceptors (Lipinski definition) is 4. The summed E-state index contributed by atoms with van der Waals surface area (Å²) < 4.78 is 26.9. The predicted molar refractivity (Wildman–Crippen MR) is 171 cm³/mol. The standard InChI is InChI=1S/C33H42ClN3O4S/c1-6-25(3)35-33(39)31(22-27-13-8-7-9-14-27)36(23-28-17-19-29(34)20-18-28)32(38)16-11-21-37(42(5,40)41)30-15-10-12-24(2)26(30)4/h7-10,12-15,17-20,25,31H,6,11,16,21-23H2,1-5H3,(H,35,39)/t25-,31-/m1/s1. The Balaban J connectivity index is 1.90. The highest BCUT2D eigenvalue weighted by atomic mass is 35.5. The number of hydrogen-bond donors (Lipinski definition) is 1. The maximum atomic E-state index is 13.9. The Bertz CT molecular complexity index is 1450. The largest absolute Gasteiger partial charge is 0.352 e. The zero-order valence-electron chi connectivity index (χ0n) is 25.1. The second kappa shape index (κ2) is 15.2. The van der Waals surface area contributed by atoms with Crippen LogP contribution in [-0.2, 0) is 32.6 Å². The van der Waals surface area contributed by atoms with E-state index in [1.165, 1.54) is 10.6 Å². The van der Waals surface area contributed by atoms with Gasteiger partial charge in [0.25, 0.3) is 0 Å². The molecule has 226 valence electrons. The van der Waals surface area contributed by atoms with Crippen molar-refractivity contribution in [2.24, 2.45) is 0 Å². The summed E-state index contributed by atoms with van der Waals surface area (Å²) in [5.74, 6) is -0.441. The Kier molecular flexibility index (Phi) is 12.0. The smallest absolute Gasteiger partial charge is 0.243 e. The summed E-state index contributed by atoms with van der Waals surface area (Å²) in [5.41, 5.74) is 4.26. The number of sulfonamides is 1. The minimum atomic E-state index is -3.58. The van der Waals surface area contributed by atoms with Crippen LogP contribution < -0.4 is 9.62 Å². The molecular formula is C33H42ClN3O4S. The van der Waals surface area contributed by atoms with Gasteiger partial charge in [-0.15, -0.1) is 0 Å². The summed E-state index contributed by atoms with van der Waals surface area (Å²) in [6.45, 7) is 8.13. The number of halogens is 1. The van der Waals surface area contributed by atoms with Crippen molar-refractivity contribution in [3.8, 4) is 0 Å². The van der Waals surface area contributed by atoms with Crippen LogP contribution in [0.4, 0.5) is 5.69 Å². The number of rotatable bonds is 14. The zero-order chi connectivity index (χ0) is 30.9. The minimum absolute atomic E-state index is 0.0517. The first kappa shape index (κ1) is 33.1. The van der Waals surface area contributed by atoms with Gasteiger partial charge in [0.1, 0.15) is 6.04 Å². The molecule has 0 saturated heterocycles. The summed E-state index contributed by atoms with van der Waals surface area (Å²) in [6.07, 6.45) is 2.65. The zero-order valence-corrected chi connectivity index (χ0v) is 26.7. The molecule has 3 aromatic rings. The maximum Gasteiger partial charge on any atom is 0.243 e. The number of carbonyl (C=O) groups excluding carboxylic acids is 2. The summed E-state index contributed by atoms with van der Waals surface area (Å²) in [7, 11) is -3.58. The first-order valence-electron chi connectivity index (χ1n) is 14.3. The topological polar surface area (TPSA) is 86.8 Å². The number of amides is 2. The second-order valence-electron chi connectivity index (χ2n) is 10.8. The molecule has 0 aromatic heterocycles. The fourth-order valence-corrected chi connectivity index (χ4v) is 5.91. The third-order valence-corrected chi connectivity index (χ3v) is 8.97. The molecule has 0 radical (unpaired) electrons. The Labute approximate surface area is 255 Å². The molecular weight excluding hydrogens is 570 g/mol. The summed E-state index contributed by atoms with van der Waals surface area (Å²) in [6, 6.07) is 21.6. The molecule has 0 heterocycles. The highest BCUT2D eigenvalue weighted by Gasteiger charge is 2.31. The number of anilines is 1. The van der Waals surface area contributed by atoms with Crippen LogP contribution in [0.5, 0.6) is 0 Å². The Morgan fingerprint density at radius 3 is 2.21 bits per heavy atom. The molecule has 0 bridgehead atoms. The highest BCUT2D eigenvalue weighted by molar-refractivity contribution is 7.92. The third-order valence-electron chi connectivity index (χ3n) is 7.54. The minimum Gasteiger partial charge on any atom is -0.352 e. The molecule has 0 unspecified atom stereocenters. The average molecular weight is 612 g/mol. The molecule has 0 aliphatic carbocycles. The number of carbonyl (C=O) groups is 2. The van der Waals surface area contributed by atoms with Gasteiger partial charge in [-0.25, -0.2) is 8.42 Å². The van der Waals surface area contributed by atoms with Gasteiger partial charge in [0.2, 0.25) is 21.8 Å². The SMILES string of the molecule is CC[C@@H](C)NC(=O)[C@@H](Cc1ccccc1)N(Cc1ccc(Cl)cc1)C(=O)CCCN(c1cccc(C)c1C)S(C)(=O)=O. The lowest BCUT2D eigenvalue weighted by atomic mass is 10.0. The number of benzene rings is 3. The van der Waals surface area contributed by atoms with Gasteiger partial charge in [-0.3, -0.25) is 13.9 Å². The van der Waals surface area contributed by atoms with E-state index in [9.17, 15) is 18.0 Å². The monoisotopic (exact) mass is 611 g/mol. The molecule has 0 aliphatic rings. The van der Waals surface area contributed by atoms with Crippen LogP contribution in [0.2, 0.25) is 5.02 Å². The normalized spacial score (nSPS) is 12.8. The van der Waals surface area contributed by atoms with Crippen LogP contribution in [0.3, 0.4) is 0 Å². The number of nitrogens with one attached hydrogen (secondary N) is 1. The molecule has 2 atom stereocenters. The number of nitrogens with zero attached hydrogens (tertiary/aromatic N) is 2. The van der Waals surface area contributed by atoms with Crippen LogP contribution in [0.25, 0.3) is 0 Å². The summed E-state index contributed by atoms with van der Waals surface area (Å²) in [5, 5.41) is 3.65. The molecule has 0 fully saturated rings. The van der Waals surface area contributed by atoms with E-state index in [1.807, 2.05) is 82.3 Å². The number of aryl methyl sites for hydroxylation is 1. The van der Waals surface area contributed by atoms with Gasteiger partial charge in [-0.05, 0) is 74.1 Å². The summed E-state index contributed by atoms with van der Waals surface area (Å²) >= 11 is 6.11. The van der Waals surface area contributed by atoms with Gasteiger partial charge >= 0.3 is 0 Å². The van der Waals surface area contributed by atoms with Crippen LogP contribution >= 0.6 is 11.6 Å². The van der Waals surface area contributed by atoms with Gasteiger partial charge in [0, 0.05) is 37.0 Å². The first-order valence-corrected chi connectivity index (χ1v) is 16.6. The van der Waals surface area contributed by atoms with Crippen molar-refractivity contribution in [1.29, 1.82) is 0 Å². The van der Waals surface area contributed by atoms with Gasteiger partial charge in [0.05, 0.1) is 11.9 Å². The van der Waals surface area contributed by atoms with Crippen molar-refractivity contribution in [3.63, 3.8) is 0 Å². The van der Waals surface area contributed by atoms with E-state index >= 15 is 0 Å². The molecule has 42 heavy (non-hydrogen) atoms. The van der Waals surface area contributed by atoms with Gasteiger partial charge in [-0.1, -0.05) is 73.1 Å². The summed E-state index contributed by atoms with van der Waals surface area (Å²) in [4.78, 5) is 29.2. The second-order valence-corrected chi connectivity index (χ2v) is 13.2. The van der Waals surface area contributed by atoms with Crippen molar-refractivity contribution in [3.05, 3.63) is 100 Å². The Morgan fingerprint density at radius 1 is 0.929 bits per heavy atom. The average Bonchev–Trinajstić information content (AvgIpc) is 2.95. The van der Waals surface area contributed by atoms with Crippen molar-refractivity contribution in [1.82, 2.24) is 10.2 Å². The first-order chi connectivity index (χ1) is 19.9. The maximum absolute atomic E-state index is 13.9. The van der Waals surface area contributed by atoms with E-state index in [0.717, 1.165) is 28.7 Å². The van der Waals surface area contributed by atoms with Gasteiger partial charge in [-0.2, -0.15) is 0 Å². The fourth-order valence-electron chi connectivity index (χ4n) is 4.77. The predicted octanol–water partition coefficient (Wildman–Crippen LogP) is 6.06. The molecule has 0 saturated carbocycles. The van der Waals surface area contributed by atoms with Crippen molar-refractivity contribution >= 4 is 39.1 Å². The molecule has 0 aliphatic heterocycles. The molecule has 3 rings (SSSR count). The van der Waals surface area contributed by atoms with Crippen molar-refractivity contribution in [2.75, 3.05) is 17.1 Å². The lowest BCUT2D eigenvalue weighted by molar-refractivity contribution is -0.141.